The normalized spacial score (nSPS) is 30.3. The minimum atomic E-state index is -1.23. The summed E-state index contributed by atoms with van der Waals surface area (Å²) in [6, 6.07) is 6.34. The van der Waals surface area contributed by atoms with Gasteiger partial charge in [-0.25, -0.2) is 0 Å². The lowest BCUT2D eigenvalue weighted by Crippen LogP contribution is -2.35. The maximum atomic E-state index is 11.1. The van der Waals surface area contributed by atoms with Gasteiger partial charge in [-0.3, -0.25) is 4.79 Å². The molecule has 1 aromatic rings. The summed E-state index contributed by atoms with van der Waals surface area (Å²) >= 11 is 0. The van der Waals surface area contributed by atoms with Crippen molar-refractivity contribution in [2.45, 2.75) is 31.5 Å². The highest BCUT2D eigenvalue weighted by Crippen LogP contribution is 2.24. The highest BCUT2D eigenvalue weighted by Gasteiger charge is 2.43. The second kappa shape index (κ2) is 5.66. The molecule has 1 aliphatic heterocycles. The largest absolute Gasteiger partial charge is 0.462 e. The predicted molar refractivity (Wildman–Crippen MR) is 64.8 cm³/mol. The van der Waals surface area contributed by atoms with Crippen LogP contribution in [0.2, 0.25) is 0 Å². The first-order chi connectivity index (χ1) is 9.02. The SMILES string of the molecule is CC(=O)c1ccc(O[C@@H]2O[C@H](CO)[C@@H](O)[C@H]2O)cc1. The molecule has 6 heteroatoms. The van der Waals surface area contributed by atoms with Crippen molar-refractivity contribution >= 4 is 5.78 Å². The van der Waals surface area contributed by atoms with Crippen molar-refractivity contribution in [1.82, 2.24) is 0 Å². The van der Waals surface area contributed by atoms with E-state index in [1.165, 1.54) is 6.92 Å². The van der Waals surface area contributed by atoms with Gasteiger partial charge in [0, 0.05) is 5.56 Å². The van der Waals surface area contributed by atoms with Crippen molar-refractivity contribution in [1.29, 1.82) is 0 Å². The third-order valence-corrected chi connectivity index (χ3v) is 3.01. The Morgan fingerprint density at radius 1 is 1.26 bits per heavy atom. The van der Waals surface area contributed by atoms with Crippen LogP contribution in [-0.2, 0) is 4.74 Å². The van der Waals surface area contributed by atoms with E-state index in [1.807, 2.05) is 0 Å². The van der Waals surface area contributed by atoms with E-state index in [0.717, 1.165) is 0 Å². The van der Waals surface area contributed by atoms with Crippen LogP contribution in [0.4, 0.5) is 0 Å². The highest BCUT2D eigenvalue weighted by atomic mass is 16.7. The molecular weight excluding hydrogens is 252 g/mol. The molecule has 2 rings (SSSR count). The molecule has 0 spiro atoms. The minimum absolute atomic E-state index is 0.0560. The summed E-state index contributed by atoms with van der Waals surface area (Å²) in [5, 5.41) is 28.2. The summed E-state index contributed by atoms with van der Waals surface area (Å²) in [5.41, 5.74) is 0.550. The summed E-state index contributed by atoms with van der Waals surface area (Å²) in [7, 11) is 0. The van der Waals surface area contributed by atoms with Crippen LogP contribution < -0.4 is 4.74 Å². The molecule has 3 N–H and O–H groups in total. The molecule has 0 aromatic heterocycles. The van der Waals surface area contributed by atoms with E-state index in [4.69, 9.17) is 14.6 Å². The summed E-state index contributed by atoms with van der Waals surface area (Å²) in [6.45, 7) is 1.06. The second-order valence-electron chi connectivity index (χ2n) is 4.41. The molecule has 1 aliphatic rings. The average Bonchev–Trinajstić information content (AvgIpc) is 2.67. The van der Waals surface area contributed by atoms with Crippen LogP contribution in [0.3, 0.4) is 0 Å². The van der Waals surface area contributed by atoms with E-state index < -0.39 is 31.2 Å². The number of hydrogen-bond donors (Lipinski definition) is 3. The summed E-state index contributed by atoms with van der Waals surface area (Å²) in [6.07, 6.45) is -4.33. The van der Waals surface area contributed by atoms with Gasteiger partial charge >= 0.3 is 0 Å². The van der Waals surface area contributed by atoms with Gasteiger partial charge in [-0.1, -0.05) is 0 Å². The van der Waals surface area contributed by atoms with Crippen LogP contribution in [0, 0.1) is 0 Å². The maximum Gasteiger partial charge on any atom is 0.229 e. The average molecular weight is 268 g/mol. The number of ketones is 1. The zero-order chi connectivity index (χ0) is 14.0. The number of carbonyl (C=O) groups excluding carboxylic acids is 1. The fourth-order valence-corrected chi connectivity index (χ4v) is 1.87. The topological polar surface area (TPSA) is 96.2 Å². The van der Waals surface area contributed by atoms with E-state index >= 15 is 0 Å². The second-order valence-corrected chi connectivity index (χ2v) is 4.41. The fourth-order valence-electron chi connectivity index (χ4n) is 1.87. The standard InChI is InChI=1S/C13H16O6/c1-7(15)8-2-4-9(5-3-8)18-13-12(17)11(16)10(6-14)19-13/h2-5,10-14,16-17H,6H2,1H3/t10-,11-,12-,13-/m1/s1. The van der Waals surface area contributed by atoms with Crippen LogP contribution in [0.5, 0.6) is 5.75 Å². The van der Waals surface area contributed by atoms with Gasteiger partial charge in [0.25, 0.3) is 0 Å². The molecule has 0 radical (unpaired) electrons. The maximum absolute atomic E-state index is 11.1. The Morgan fingerprint density at radius 2 is 1.89 bits per heavy atom. The summed E-state index contributed by atoms with van der Waals surface area (Å²) in [5.74, 6) is 0.347. The first-order valence-corrected chi connectivity index (χ1v) is 5.93. The summed E-state index contributed by atoms with van der Waals surface area (Å²) in [4.78, 5) is 11.1. The molecular formula is C13H16O6. The van der Waals surface area contributed by atoms with Gasteiger partial charge in [-0.2, -0.15) is 0 Å². The molecule has 6 nitrogen and oxygen atoms in total. The quantitative estimate of drug-likeness (QED) is 0.649. The van der Waals surface area contributed by atoms with E-state index in [-0.39, 0.29) is 5.78 Å². The van der Waals surface area contributed by atoms with Gasteiger partial charge in [0.1, 0.15) is 24.1 Å². The fraction of sp³-hybridized carbons (Fsp3) is 0.462. The lowest BCUT2D eigenvalue weighted by molar-refractivity contribution is -0.116. The third kappa shape index (κ3) is 2.93. The third-order valence-electron chi connectivity index (χ3n) is 3.01. The molecule has 0 unspecified atom stereocenters. The lowest BCUT2D eigenvalue weighted by Gasteiger charge is -2.16. The number of benzene rings is 1. The molecule has 19 heavy (non-hydrogen) atoms. The first-order valence-electron chi connectivity index (χ1n) is 5.93. The number of aliphatic hydroxyl groups is 3. The van der Waals surface area contributed by atoms with Gasteiger partial charge in [0.2, 0.25) is 6.29 Å². The smallest absolute Gasteiger partial charge is 0.229 e. The number of rotatable bonds is 4. The van der Waals surface area contributed by atoms with E-state index in [9.17, 15) is 15.0 Å². The van der Waals surface area contributed by atoms with E-state index in [0.29, 0.717) is 11.3 Å². The Kier molecular flexibility index (Phi) is 4.16. The summed E-state index contributed by atoms with van der Waals surface area (Å²) < 4.78 is 10.5. The minimum Gasteiger partial charge on any atom is -0.462 e. The van der Waals surface area contributed by atoms with Crippen molar-refractivity contribution in [3.63, 3.8) is 0 Å². The number of carbonyl (C=O) groups is 1. The van der Waals surface area contributed by atoms with Crippen molar-refractivity contribution in [3.05, 3.63) is 29.8 Å². The Hall–Kier alpha value is -1.47. The van der Waals surface area contributed by atoms with Gasteiger partial charge < -0.3 is 24.8 Å². The van der Waals surface area contributed by atoms with Gasteiger partial charge in [-0.15, -0.1) is 0 Å². The number of ether oxygens (including phenoxy) is 2. The van der Waals surface area contributed by atoms with Crippen LogP contribution in [0.15, 0.2) is 24.3 Å². The molecule has 0 bridgehead atoms. The predicted octanol–water partition coefficient (Wildman–Crippen LogP) is -0.293. The highest BCUT2D eigenvalue weighted by molar-refractivity contribution is 5.94. The van der Waals surface area contributed by atoms with Crippen LogP contribution in [0.1, 0.15) is 17.3 Å². The van der Waals surface area contributed by atoms with Crippen LogP contribution in [-0.4, -0.2) is 52.3 Å². The molecule has 0 aliphatic carbocycles. The molecule has 104 valence electrons. The molecule has 1 aromatic carbocycles. The zero-order valence-corrected chi connectivity index (χ0v) is 10.4. The van der Waals surface area contributed by atoms with Crippen molar-refractivity contribution in [3.8, 4) is 5.75 Å². The number of aliphatic hydroxyl groups excluding tert-OH is 3. The zero-order valence-electron chi connectivity index (χ0n) is 10.4. The Balaban J connectivity index is 2.03. The Labute approximate surface area is 110 Å². The molecule has 0 saturated carbocycles. The van der Waals surface area contributed by atoms with Gasteiger partial charge in [0.15, 0.2) is 5.78 Å². The van der Waals surface area contributed by atoms with E-state index in [2.05, 4.69) is 0 Å². The van der Waals surface area contributed by atoms with E-state index in [1.54, 1.807) is 24.3 Å². The Morgan fingerprint density at radius 3 is 2.37 bits per heavy atom. The molecule has 4 atom stereocenters. The van der Waals surface area contributed by atoms with Gasteiger partial charge in [0.05, 0.1) is 6.61 Å². The molecule has 1 fully saturated rings. The Bertz CT molecular complexity index is 443. The monoisotopic (exact) mass is 268 g/mol. The molecule has 0 amide bonds. The number of Topliss-reactive ketones (excluding diaryl/α,β-unsaturated/α-hetero) is 1. The van der Waals surface area contributed by atoms with Crippen molar-refractivity contribution in [2.24, 2.45) is 0 Å². The van der Waals surface area contributed by atoms with Crippen molar-refractivity contribution in [2.75, 3.05) is 6.61 Å². The van der Waals surface area contributed by atoms with Crippen molar-refractivity contribution < 1.29 is 29.6 Å². The van der Waals surface area contributed by atoms with Crippen LogP contribution >= 0.6 is 0 Å². The van der Waals surface area contributed by atoms with Gasteiger partial charge in [-0.05, 0) is 31.2 Å². The number of hydrogen-bond acceptors (Lipinski definition) is 6. The molecule has 1 saturated heterocycles. The van der Waals surface area contributed by atoms with Crippen LogP contribution in [0.25, 0.3) is 0 Å². The first kappa shape index (κ1) is 14.0. The molecule has 1 heterocycles. The lowest BCUT2D eigenvalue weighted by atomic mass is 10.1.